The van der Waals surface area contributed by atoms with Crippen LogP contribution < -0.4 is 9.47 Å². The molecule has 1 aromatic carbocycles. The van der Waals surface area contributed by atoms with E-state index in [2.05, 4.69) is 4.99 Å². The number of alkyl halides is 2. The summed E-state index contributed by atoms with van der Waals surface area (Å²) >= 11 is 0. The molecule has 1 saturated carbocycles. The number of hydrogen-bond donors (Lipinski definition) is 0. The van der Waals surface area contributed by atoms with Crippen molar-refractivity contribution in [3.63, 3.8) is 0 Å². The maximum atomic E-state index is 13.4. The van der Waals surface area contributed by atoms with Crippen LogP contribution in [-0.4, -0.2) is 19.3 Å². The minimum absolute atomic E-state index is 0.141. The van der Waals surface area contributed by atoms with E-state index in [1.54, 1.807) is 6.07 Å². The predicted molar refractivity (Wildman–Crippen MR) is 70.7 cm³/mol. The molecule has 21 heavy (non-hydrogen) atoms. The fraction of sp³-hybridized carbons (Fsp3) is 0.533. The van der Waals surface area contributed by atoms with Crippen LogP contribution in [0.1, 0.15) is 43.2 Å². The highest BCUT2D eigenvalue weighted by Gasteiger charge is 2.42. The molecule has 1 aromatic rings. The van der Waals surface area contributed by atoms with E-state index in [9.17, 15) is 13.6 Å². The molecule has 0 aromatic heterocycles. The Kier molecular flexibility index (Phi) is 3.64. The Bertz CT molecular complexity index is 593. The molecule has 0 amide bonds. The summed E-state index contributed by atoms with van der Waals surface area (Å²) in [5, 5.41) is 0. The van der Waals surface area contributed by atoms with Gasteiger partial charge in [-0.3, -0.25) is 0 Å². The number of rotatable bonds is 3. The average Bonchev–Trinajstić information content (AvgIpc) is 2.66. The van der Waals surface area contributed by atoms with Crippen molar-refractivity contribution >= 4 is 6.08 Å². The van der Waals surface area contributed by atoms with Gasteiger partial charge >= 0.3 is 0 Å². The standard InChI is InChI=1S/C15H15F2NO3/c16-14(17)10-7-12-13(21-6-2-5-20-12)8-11(10)15(18-9-19)3-1-4-15/h7-8,14H,1-6H2. The lowest BCUT2D eigenvalue weighted by Crippen LogP contribution is -2.33. The topological polar surface area (TPSA) is 47.9 Å². The van der Waals surface area contributed by atoms with Crippen molar-refractivity contribution in [1.82, 2.24) is 0 Å². The first kappa shape index (κ1) is 14.0. The lowest BCUT2D eigenvalue weighted by molar-refractivity contribution is 0.143. The number of benzene rings is 1. The molecule has 0 bridgehead atoms. The largest absolute Gasteiger partial charge is 0.490 e. The van der Waals surface area contributed by atoms with Gasteiger partial charge < -0.3 is 9.47 Å². The molecule has 0 unspecified atom stereocenters. The smallest absolute Gasteiger partial charge is 0.264 e. The number of hydrogen-bond acceptors (Lipinski definition) is 4. The van der Waals surface area contributed by atoms with Crippen molar-refractivity contribution in [2.24, 2.45) is 4.99 Å². The van der Waals surface area contributed by atoms with Gasteiger partial charge in [-0.05, 0) is 37.0 Å². The molecular weight excluding hydrogens is 280 g/mol. The van der Waals surface area contributed by atoms with Gasteiger partial charge in [0.1, 0.15) is 0 Å². The van der Waals surface area contributed by atoms with Crippen LogP contribution in [0.15, 0.2) is 17.1 Å². The Morgan fingerprint density at radius 1 is 1.14 bits per heavy atom. The van der Waals surface area contributed by atoms with Gasteiger partial charge in [0.25, 0.3) is 6.43 Å². The summed E-state index contributed by atoms with van der Waals surface area (Å²) in [5.41, 5.74) is -0.660. The highest BCUT2D eigenvalue weighted by atomic mass is 19.3. The van der Waals surface area contributed by atoms with Crippen LogP contribution in [0.25, 0.3) is 0 Å². The zero-order valence-electron chi connectivity index (χ0n) is 11.4. The Hall–Kier alpha value is -1.94. The molecule has 0 saturated heterocycles. The Labute approximate surface area is 120 Å². The normalized spacial score (nSPS) is 19.4. The van der Waals surface area contributed by atoms with Gasteiger partial charge in [0.05, 0.1) is 18.8 Å². The Morgan fingerprint density at radius 2 is 1.81 bits per heavy atom. The highest BCUT2D eigenvalue weighted by molar-refractivity contribution is 5.52. The van der Waals surface area contributed by atoms with Crippen LogP contribution in [0.3, 0.4) is 0 Å². The van der Waals surface area contributed by atoms with Crippen LogP contribution >= 0.6 is 0 Å². The number of aliphatic imine (C=N–C) groups is 1. The highest BCUT2D eigenvalue weighted by Crippen LogP contribution is 2.50. The van der Waals surface area contributed by atoms with E-state index in [-0.39, 0.29) is 5.56 Å². The van der Waals surface area contributed by atoms with Crippen molar-refractivity contribution in [2.45, 2.75) is 37.6 Å². The SMILES string of the molecule is O=C=NC1(c2cc3c(cc2C(F)F)OCCCO3)CCC1. The average molecular weight is 295 g/mol. The minimum atomic E-state index is -2.66. The number of nitrogens with zero attached hydrogens (tertiary/aromatic N) is 1. The second-order valence-corrected chi connectivity index (χ2v) is 5.33. The summed E-state index contributed by atoms with van der Waals surface area (Å²) in [4.78, 5) is 14.5. The molecule has 1 aliphatic carbocycles. The van der Waals surface area contributed by atoms with Gasteiger partial charge in [-0.1, -0.05) is 0 Å². The summed E-state index contributed by atoms with van der Waals surface area (Å²) in [5.74, 6) is 0.774. The summed E-state index contributed by atoms with van der Waals surface area (Å²) in [6.45, 7) is 0.914. The van der Waals surface area contributed by atoms with Crippen molar-refractivity contribution in [3.8, 4) is 11.5 Å². The number of fused-ring (bicyclic) bond motifs is 1. The number of isocyanates is 1. The third-order valence-corrected chi connectivity index (χ3v) is 4.10. The molecule has 6 heteroatoms. The molecule has 0 atom stereocenters. The summed E-state index contributed by atoms with van der Waals surface area (Å²) in [6, 6.07) is 2.88. The third-order valence-electron chi connectivity index (χ3n) is 4.10. The van der Waals surface area contributed by atoms with Gasteiger partial charge in [-0.2, -0.15) is 4.99 Å². The van der Waals surface area contributed by atoms with E-state index in [1.807, 2.05) is 0 Å². The minimum Gasteiger partial charge on any atom is -0.490 e. The van der Waals surface area contributed by atoms with Crippen molar-refractivity contribution < 1.29 is 23.0 Å². The molecule has 112 valence electrons. The Morgan fingerprint density at radius 3 is 2.33 bits per heavy atom. The molecule has 4 nitrogen and oxygen atoms in total. The van der Waals surface area contributed by atoms with E-state index in [0.29, 0.717) is 49.5 Å². The number of ether oxygens (including phenoxy) is 2. The maximum Gasteiger partial charge on any atom is 0.264 e. The van der Waals surface area contributed by atoms with Gasteiger partial charge in [0, 0.05) is 12.0 Å². The van der Waals surface area contributed by atoms with Crippen molar-refractivity contribution in [1.29, 1.82) is 0 Å². The van der Waals surface area contributed by atoms with Crippen LogP contribution in [0.5, 0.6) is 11.5 Å². The fourth-order valence-electron chi connectivity index (χ4n) is 2.85. The summed E-state index contributed by atoms with van der Waals surface area (Å²) in [6.07, 6.45) is 1.56. The monoisotopic (exact) mass is 295 g/mol. The number of carbonyl (C=O) groups excluding carboxylic acids is 1. The van der Waals surface area contributed by atoms with E-state index >= 15 is 0 Å². The zero-order chi connectivity index (χ0) is 14.9. The quantitative estimate of drug-likeness (QED) is 0.633. The van der Waals surface area contributed by atoms with Crippen molar-refractivity contribution in [3.05, 3.63) is 23.3 Å². The predicted octanol–water partition coefficient (Wildman–Crippen LogP) is 3.50. The van der Waals surface area contributed by atoms with Crippen LogP contribution in [0, 0.1) is 0 Å². The first-order chi connectivity index (χ1) is 10.2. The Balaban J connectivity index is 2.14. The first-order valence-corrected chi connectivity index (χ1v) is 6.97. The van der Waals surface area contributed by atoms with Gasteiger partial charge in [-0.25, -0.2) is 13.6 Å². The summed E-state index contributed by atoms with van der Waals surface area (Å²) < 4.78 is 37.8. The second-order valence-electron chi connectivity index (χ2n) is 5.33. The van der Waals surface area contributed by atoms with Gasteiger partial charge in [0.15, 0.2) is 11.5 Å². The lowest BCUT2D eigenvalue weighted by Gasteiger charge is -2.38. The molecule has 3 rings (SSSR count). The molecule has 0 N–H and O–H groups in total. The second kappa shape index (κ2) is 5.45. The number of halogens is 2. The van der Waals surface area contributed by atoms with Crippen molar-refractivity contribution in [2.75, 3.05) is 13.2 Å². The molecule has 1 heterocycles. The molecule has 1 fully saturated rings. The maximum absolute atomic E-state index is 13.4. The molecule has 0 radical (unpaired) electrons. The van der Waals surface area contributed by atoms with Crippen LogP contribution in [0.2, 0.25) is 0 Å². The van der Waals surface area contributed by atoms with E-state index in [4.69, 9.17) is 9.47 Å². The lowest BCUT2D eigenvalue weighted by atomic mass is 9.71. The third kappa shape index (κ3) is 2.40. The zero-order valence-corrected chi connectivity index (χ0v) is 11.4. The fourth-order valence-corrected chi connectivity index (χ4v) is 2.85. The summed E-state index contributed by atoms with van der Waals surface area (Å²) in [7, 11) is 0. The van der Waals surface area contributed by atoms with Gasteiger partial charge in [0.2, 0.25) is 6.08 Å². The van der Waals surface area contributed by atoms with Crippen LogP contribution in [0.4, 0.5) is 8.78 Å². The first-order valence-electron chi connectivity index (χ1n) is 6.97. The van der Waals surface area contributed by atoms with E-state index < -0.39 is 12.0 Å². The molecular formula is C15H15F2NO3. The molecule has 2 aliphatic rings. The van der Waals surface area contributed by atoms with E-state index in [0.717, 1.165) is 6.42 Å². The molecule has 0 spiro atoms. The van der Waals surface area contributed by atoms with E-state index in [1.165, 1.54) is 12.1 Å². The van der Waals surface area contributed by atoms with Crippen LogP contribution in [-0.2, 0) is 10.3 Å². The van der Waals surface area contributed by atoms with Gasteiger partial charge in [-0.15, -0.1) is 0 Å². The molecule has 1 aliphatic heterocycles.